The molecule has 1 heterocycles. The zero-order chi connectivity index (χ0) is 21.3. The highest BCUT2D eigenvalue weighted by molar-refractivity contribution is 5.89. The van der Waals surface area contributed by atoms with Crippen LogP contribution in [0.5, 0.6) is 23.0 Å². The van der Waals surface area contributed by atoms with Crippen LogP contribution in [0.3, 0.4) is 0 Å². The molecule has 0 atom stereocenters. The van der Waals surface area contributed by atoms with Crippen molar-refractivity contribution in [1.29, 1.82) is 0 Å². The van der Waals surface area contributed by atoms with Crippen LogP contribution in [0.25, 0.3) is 0 Å². The van der Waals surface area contributed by atoms with Gasteiger partial charge in [0.15, 0.2) is 23.0 Å². The predicted molar refractivity (Wildman–Crippen MR) is 116 cm³/mol. The SMILES string of the molecule is CCCOc1ccc(NC(=O)N(C)Cc2ccc3c(c2)OCCO3)cc1OCCC. The van der Waals surface area contributed by atoms with Gasteiger partial charge in [0.1, 0.15) is 13.2 Å². The fraction of sp³-hybridized carbons (Fsp3) is 0.435. The van der Waals surface area contributed by atoms with Gasteiger partial charge in [-0.05, 0) is 42.7 Å². The van der Waals surface area contributed by atoms with Crippen LogP contribution in [-0.2, 0) is 6.54 Å². The first-order valence-electron chi connectivity index (χ1n) is 10.4. The van der Waals surface area contributed by atoms with E-state index < -0.39 is 0 Å². The van der Waals surface area contributed by atoms with Crippen LogP contribution in [0.15, 0.2) is 36.4 Å². The number of nitrogens with zero attached hydrogens (tertiary/aromatic N) is 1. The van der Waals surface area contributed by atoms with Gasteiger partial charge in [0.05, 0.1) is 13.2 Å². The third-order valence-corrected chi connectivity index (χ3v) is 4.49. The highest BCUT2D eigenvalue weighted by Gasteiger charge is 2.15. The molecule has 7 nitrogen and oxygen atoms in total. The monoisotopic (exact) mass is 414 g/mol. The van der Waals surface area contributed by atoms with E-state index in [1.165, 1.54) is 0 Å². The Kier molecular flexibility index (Phi) is 7.65. The van der Waals surface area contributed by atoms with E-state index in [1.807, 2.05) is 37.3 Å². The van der Waals surface area contributed by atoms with Crippen molar-refractivity contribution in [3.63, 3.8) is 0 Å². The predicted octanol–water partition coefficient (Wildman–Crippen LogP) is 4.70. The molecule has 0 spiro atoms. The summed E-state index contributed by atoms with van der Waals surface area (Å²) in [5.41, 5.74) is 1.62. The van der Waals surface area contributed by atoms with Crippen molar-refractivity contribution in [2.24, 2.45) is 0 Å². The summed E-state index contributed by atoms with van der Waals surface area (Å²) in [6.45, 7) is 6.84. The number of fused-ring (bicyclic) bond motifs is 1. The van der Waals surface area contributed by atoms with Crippen LogP contribution in [0.4, 0.5) is 10.5 Å². The fourth-order valence-electron chi connectivity index (χ4n) is 2.99. The molecule has 1 aliphatic heterocycles. The standard InChI is InChI=1S/C23H30N2O5/c1-4-10-27-20-9-7-18(15-22(20)28-11-5-2)24-23(26)25(3)16-17-6-8-19-21(14-17)30-13-12-29-19/h6-9,14-15H,4-5,10-13,16H2,1-3H3,(H,24,26). The average Bonchev–Trinajstić information content (AvgIpc) is 2.76. The summed E-state index contributed by atoms with van der Waals surface area (Å²) in [6.07, 6.45) is 1.80. The van der Waals surface area contributed by atoms with Crippen LogP contribution in [-0.4, -0.2) is 44.4 Å². The molecule has 0 unspecified atom stereocenters. The van der Waals surface area contributed by atoms with Crippen molar-refractivity contribution >= 4 is 11.7 Å². The van der Waals surface area contributed by atoms with Gasteiger partial charge in [-0.15, -0.1) is 0 Å². The molecule has 7 heteroatoms. The van der Waals surface area contributed by atoms with Crippen molar-refractivity contribution in [2.75, 3.05) is 38.8 Å². The molecule has 0 bridgehead atoms. The Labute approximate surface area is 177 Å². The van der Waals surface area contributed by atoms with Gasteiger partial charge in [-0.25, -0.2) is 4.79 Å². The molecule has 2 aromatic carbocycles. The number of urea groups is 1. The molecular formula is C23H30N2O5. The minimum atomic E-state index is -0.214. The number of ether oxygens (including phenoxy) is 4. The van der Waals surface area contributed by atoms with Gasteiger partial charge in [0.25, 0.3) is 0 Å². The number of hydrogen-bond acceptors (Lipinski definition) is 5. The number of anilines is 1. The normalized spacial score (nSPS) is 12.2. The Morgan fingerprint density at radius 3 is 2.40 bits per heavy atom. The zero-order valence-corrected chi connectivity index (χ0v) is 17.9. The summed E-state index contributed by atoms with van der Waals surface area (Å²) in [5, 5.41) is 2.92. The maximum Gasteiger partial charge on any atom is 0.321 e. The van der Waals surface area contributed by atoms with Crippen LogP contribution < -0.4 is 24.3 Å². The van der Waals surface area contributed by atoms with E-state index in [0.29, 0.717) is 55.9 Å². The molecule has 0 aromatic heterocycles. The Morgan fingerprint density at radius 1 is 0.967 bits per heavy atom. The maximum atomic E-state index is 12.7. The average molecular weight is 415 g/mol. The molecule has 162 valence electrons. The first-order valence-corrected chi connectivity index (χ1v) is 10.4. The molecule has 0 saturated heterocycles. The quantitative estimate of drug-likeness (QED) is 0.644. The second-order valence-corrected chi connectivity index (χ2v) is 7.12. The lowest BCUT2D eigenvalue weighted by Gasteiger charge is -2.21. The van der Waals surface area contributed by atoms with Crippen LogP contribution in [0, 0.1) is 0 Å². The lowest BCUT2D eigenvalue weighted by atomic mass is 10.2. The molecular weight excluding hydrogens is 384 g/mol. The molecule has 0 radical (unpaired) electrons. The molecule has 1 N–H and O–H groups in total. The summed E-state index contributed by atoms with van der Waals surface area (Å²) in [7, 11) is 1.75. The van der Waals surface area contributed by atoms with E-state index in [0.717, 1.165) is 24.2 Å². The topological polar surface area (TPSA) is 69.3 Å². The maximum absolute atomic E-state index is 12.7. The number of nitrogens with one attached hydrogen (secondary N) is 1. The Hall–Kier alpha value is -3.09. The van der Waals surface area contributed by atoms with Crippen molar-refractivity contribution in [2.45, 2.75) is 33.2 Å². The number of benzene rings is 2. The Balaban J connectivity index is 1.64. The van der Waals surface area contributed by atoms with Crippen molar-refractivity contribution in [3.8, 4) is 23.0 Å². The van der Waals surface area contributed by atoms with Crippen LogP contribution >= 0.6 is 0 Å². The first-order chi connectivity index (χ1) is 14.6. The molecule has 2 aromatic rings. The lowest BCUT2D eigenvalue weighted by molar-refractivity contribution is 0.171. The Bertz CT molecular complexity index is 855. The second kappa shape index (κ2) is 10.6. The minimum Gasteiger partial charge on any atom is -0.490 e. The summed E-state index contributed by atoms with van der Waals surface area (Å²) in [5.74, 6) is 2.78. The summed E-state index contributed by atoms with van der Waals surface area (Å²) in [6, 6.07) is 11.0. The van der Waals surface area contributed by atoms with Crippen LogP contribution in [0.1, 0.15) is 32.3 Å². The third-order valence-electron chi connectivity index (χ3n) is 4.49. The Morgan fingerprint density at radius 2 is 1.67 bits per heavy atom. The van der Waals surface area contributed by atoms with E-state index >= 15 is 0 Å². The summed E-state index contributed by atoms with van der Waals surface area (Å²) in [4.78, 5) is 14.3. The number of carbonyl (C=O) groups excluding carboxylic acids is 1. The number of hydrogen-bond donors (Lipinski definition) is 1. The number of amides is 2. The highest BCUT2D eigenvalue weighted by atomic mass is 16.6. The molecule has 30 heavy (non-hydrogen) atoms. The smallest absolute Gasteiger partial charge is 0.321 e. The van der Waals surface area contributed by atoms with Crippen molar-refractivity contribution in [3.05, 3.63) is 42.0 Å². The molecule has 3 rings (SSSR count). The first kappa shape index (κ1) is 21.6. The molecule has 2 amide bonds. The van der Waals surface area contributed by atoms with Crippen molar-refractivity contribution in [1.82, 2.24) is 4.90 Å². The fourth-order valence-corrected chi connectivity index (χ4v) is 2.99. The van der Waals surface area contributed by atoms with Gasteiger partial charge < -0.3 is 29.2 Å². The largest absolute Gasteiger partial charge is 0.490 e. The zero-order valence-electron chi connectivity index (χ0n) is 17.9. The van der Waals surface area contributed by atoms with Crippen LogP contribution in [0.2, 0.25) is 0 Å². The van der Waals surface area contributed by atoms with E-state index in [2.05, 4.69) is 12.2 Å². The minimum absolute atomic E-state index is 0.214. The highest BCUT2D eigenvalue weighted by Crippen LogP contribution is 2.32. The van der Waals surface area contributed by atoms with Gasteiger partial charge in [0, 0.05) is 25.3 Å². The third kappa shape index (κ3) is 5.72. The molecule has 0 aliphatic carbocycles. The van der Waals surface area contributed by atoms with E-state index in [9.17, 15) is 4.79 Å². The van der Waals surface area contributed by atoms with Gasteiger partial charge in [-0.2, -0.15) is 0 Å². The van der Waals surface area contributed by atoms with Gasteiger partial charge in [-0.1, -0.05) is 19.9 Å². The summed E-state index contributed by atoms with van der Waals surface area (Å²) >= 11 is 0. The van der Waals surface area contributed by atoms with Gasteiger partial charge in [-0.3, -0.25) is 0 Å². The molecule has 1 aliphatic rings. The molecule has 0 saturated carbocycles. The summed E-state index contributed by atoms with van der Waals surface area (Å²) < 4.78 is 22.7. The molecule has 0 fully saturated rings. The number of carbonyl (C=O) groups is 1. The lowest BCUT2D eigenvalue weighted by Crippen LogP contribution is -2.30. The van der Waals surface area contributed by atoms with Gasteiger partial charge >= 0.3 is 6.03 Å². The second-order valence-electron chi connectivity index (χ2n) is 7.12. The van der Waals surface area contributed by atoms with E-state index in [1.54, 1.807) is 18.0 Å². The van der Waals surface area contributed by atoms with Gasteiger partial charge in [0.2, 0.25) is 0 Å². The van der Waals surface area contributed by atoms with Crippen molar-refractivity contribution < 1.29 is 23.7 Å². The number of rotatable bonds is 9. The van der Waals surface area contributed by atoms with E-state index in [4.69, 9.17) is 18.9 Å². The van der Waals surface area contributed by atoms with E-state index in [-0.39, 0.29) is 6.03 Å².